The van der Waals surface area contributed by atoms with Crippen LogP contribution in [0, 0.1) is 17.8 Å². The van der Waals surface area contributed by atoms with Gasteiger partial charge in [0.15, 0.2) is 0 Å². The molecule has 0 aromatic heterocycles. The highest BCUT2D eigenvalue weighted by molar-refractivity contribution is 5.21. The fourth-order valence-electron chi connectivity index (χ4n) is 4.90. The lowest BCUT2D eigenvalue weighted by atomic mass is 9.88. The lowest BCUT2D eigenvalue weighted by Crippen LogP contribution is -2.17. The van der Waals surface area contributed by atoms with Gasteiger partial charge in [0.1, 0.15) is 0 Å². The first-order valence-corrected chi connectivity index (χ1v) is 10.9. The van der Waals surface area contributed by atoms with Crippen LogP contribution in [0.5, 0.6) is 0 Å². The monoisotopic (exact) mass is 367 g/mol. The molecule has 0 unspecified atom stereocenters. The van der Waals surface area contributed by atoms with Crippen molar-refractivity contribution in [3.05, 3.63) is 59.7 Å². The summed E-state index contributed by atoms with van der Waals surface area (Å²) in [4.78, 5) is 2.27. The molecule has 1 aromatic carbocycles. The molecule has 1 N–H and O–H groups in total. The Bertz CT molecular complexity index is 618. The van der Waals surface area contributed by atoms with Gasteiger partial charge >= 0.3 is 0 Å². The van der Waals surface area contributed by atoms with Gasteiger partial charge in [0.2, 0.25) is 0 Å². The molecule has 0 bridgehead atoms. The minimum absolute atomic E-state index is 0.147. The molecule has 2 aliphatic rings. The van der Waals surface area contributed by atoms with E-state index in [-0.39, 0.29) is 6.10 Å². The van der Waals surface area contributed by atoms with Crippen molar-refractivity contribution >= 4 is 0 Å². The van der Waals surface area contributed by atoms with E-state index in [1.807, 2.05) is 0 Å². The van der Waals surface area contributed by atoms with E-state index in [0.29, 0.717) is 17.8 Å². The summed E-state index contributed by atoms with van der Waals surface area (Å²) in [5.74, 6) is 1.61. The fourth-order valence-corrected chi connectivity index (χ4v) is 4.90. The maximum Gasteiger partial charge on any atom is 0.0611 e. The van der Waals surface area contributed by atoms with Crippen molar-refractivity contribution in [2.45, 2.75) is 57.5 Å². The molecule has 0 spiro atoms. The van der Waals surface area contributed by atoms with Gasteiger partial charge in [0.05, 0.1) is 6.10 Å². The van der Waals surface area contributed by atoms with Crippen LogP contribution in [0.3, 0.4) is 0 Å². The molecule has 1 aromatic rings. The number of hydrogen-bond donors (Lipinski definition) is 1. The van der Waals surface area contributed by atoms with Crippen molar-refractivity contribution in [3.8, 4) is 0 Å². The van der Waals surface area contributed by atoms with Crippen LogP contribution in [0.2, 0.25) is 0 Å². The van der Waals surface area contributed by atoms with Gasteiger partial charge in [-0.15, -0.1) is 0 Å². The lowest BCUT2D eigenvalue weighted by Gasteiger charge is -2.18. The number of benzene rings is 1. The second-order valence-electron chi connectivity index (χ2n) is 8.80. The predicted molar refractivity (Wildman–Crippen MR) is 115 cm³/mol. The standard InChI is InChI=1S/C25H37NO/c1-26(2)16-10-4-7-14-21-17-22-19-25(27)23(24(22)18-21)15-9-8-13-20-11-5-3-6-12-20/h3,5-6,9,11-12,15,17,22-25,27H,4,7-8,10,13-14,16,18-19H2,1-2H3/t22-,23+,24-,25+/m0/s1. The van der Waals surface area contributed by atoms with E-state index in [2.05, 4.69) is 67.6 Å². The Kier molecular flexibility index (Phi) is 7.72. The predicted octanol–water partition coefficient (Wildman–Crippen LogP) is 5.24. The summed E-state index contributed by atoms with van der Waals surface area (Å²) in [6, 6.07) is 10.7. The van der Waals surface area contributed by atoms with E-state index in [1.165, 1.54) is 44.2 Å². The van der Waals surface area contributed by atoms with Crippen molar-refractivity contribution in [1.29, 1.82) is 0 Å². The number of rotatable bonds is 10. The van der Waals surface area contributed by atoms with Crippen LogP contribution >= 0.6 is 0 Å². The molecule has 148 valence electrons. The molecule has 1 fully saturated rings. The summed E-state index contributed by atoms with van der Waals surface area (Å²) in [5.41, 5.74) is 3.05. The molecule has 27 heavy (non-hydrogen) atoms. The Balaban J connectivity index is 1.41. The van der Waals surface area contributed by atoms with Gasteiger partial charge in [-0.25, -0.2) is 0 Å². The third kappa shape index (κ3) is 6.05. The molecular weight excluding hydrogens is 330 g/mol. The quantitative estimate of drug-likeness (QED) is 0.451. The van der Waals surface area contributed by atoms with Gasteiger partial charge in [-0.3, -0.25) is 0 Å². The van der Waals surface area contributed by atoms with Gasteiger partial charge in [-0.1, -0.05) is 60.6 Å². The number of fused-ring (bicyclic) bond motifs is 1. The van der Waals surface area contributed by atoms with E-state index < -0.39 is 0 Å². The Morgan fingerprint density at radius 2 is 1.89 bits per heavy atom. The Hall–Kier alpha value is -1.38. The smallest absolute Gasteiger partial charge is 0.0611 e. The maximum atomic E-state index is 10.5. The molecule has 0 radical (unpaired) electrons. The Labute approximate surface area is 166 Å². The number of unbranched alkanes of at least 4 members (excludes halogenated alkanes) is 2. The molecule has 0 saturated heterocycles. The van der Waals surface area contributed by atoms with E-state index in [0.717, 1.165) is 19.3 Å². The largest absolute Gasteiger partial charge is 0.392 e. The highest BCUT2D eigenvalue weighted by Crippen LogP contribution is 2.48. The second-order valence-corrected chi connectivity index (χ2v) is 8.80. The topological polar surface area (TPSA) is 23.5 Å². The van der Waals surface area contributed by atoms with Crippen LogP contribution in [0.25, 0.3) is 0 Å². The summed E-state index contributed by atoms with van der Waals surface area (Å²) in [6.45, 7) is 1.20. The molecule has 4 atom stereocenters. The van der Waals surface area contributed by atoms with Gasteiger partial charge in [0.25, 0.3) is 0 Å². The van der Waals surface area contributed by atoms with Crippen LogP contribution < -0.4 is 0 Å². The molecule has 0 heterocycles. The molecule has 1 saturated carbocycles. The normalized spacial score (nSPS) is 27.5. The van der Waals surface area contributed by atoms with Gasteiger partial charge in [-0.05, 0) is 83.0 Å². The van der Waals surface area contributed by atoms with Crippen LogP contribution in [0.4, 0.5) is 0 Å². The summed E-state index contributed by atoms with van der Waals surface area (Å²) in [7, 11) is 4.30. The number of aryl methyl sites for hydroxylation is 1. The molecular formula is C25H37NO. The minimum Gasteiger partial charge on any atom is -0.392 e. The summed E-state index contributed by atoms with van der Waals surface area (Å²) in [6.07, 6.45) is 16.5. The van der Waals surface area contributed by atoms with Crippen molar-refractivity contribution in [2.24, 2.45) is 17.8 Å². The number of nitrogens with zero attached hydrogens (tertiary/aromatic N) is 1. The van der Waals surface area contributed by atoms with Gasteiger partial charge in [-0.2, -0.15) is 0 Å². The number of aliphatic hydroxyl groups is 1. The van der Waals surface area contributed by atoms with Crippen molar-refractivity contribution in [2.75, 3.05) is 20.6 Å². The summed E-state index contributed by atoms with van der Waals surface area (Å²) < 4.78 is 0. The summed E-state index contributed by atoms with van der Waals surface area (Å²) >= 11 is 0. The minimum atomic E-state index is -0.147. The van der Waals surface area contributed by atoms with E-state index in [4.69, 9.17) is 0 Å². The maximum absolute atomic E-state index is 10.5. The zero-order valence-corrected chi connectivity index (χ0v) is 17.2. The van der Waals surface area contributed by atoms with Crippen LogP contribution in [0.1, 0.15) is 50.5 Å². The zero-order valence-electron chi connectivity index (χ0n) is 17.2. The Morgan fingerprint density at radius 3 is 2.67 bits per heavy atom. The lowest BCUT2D eigenvalue weighted by molar-refractivity contribution is 0.141. The van der Waals surface area contributed by atoms with Gasteiger partial charge < -0.3 is 10.0 Å². The molecule has 2 heteroatoms. The van der Waals surface area contributed by atoms with E-state index >= 15 is 0 Å². The molecule has 0 amide bonds. The average molecular weight is 368 g/mol. The molecule has 2 aliphatic carbocycles. The summed E-state index contributed by atoms with van der Waals surface area (Å²) in [5, 5.41) is 10.5. The first-order chi connectivity index (χ1) is 13.1. The number of hydrogen-bond acceptors (Lipinski definition) is 2. The second kappa shape index (κ2) is 10.2. The number of aliphatic hydroxyl groups excluding tert-OH is 1. The first-order valence-electron chi connectivity index (χ1n) is 10.9. The van der Waals surface area contributed by atoms with Crippen LogP contribution in [0.15, 0.2) is 54.1 Å². The average Bonchev–Trinajstić information content (AvgIpc) is 3.16. The third-order valence-electron chi connectivity index (χ3n) is 6.35. The first kappa shape index (κ1) is 20.4. The number of allylic oxidation sites excluding steroid dienone is 3. The van der Waals surface area contributed by atoms with Crippen molar-refractivity contribution < 1.29 is 5.11 Å². The zero-order chi connectivity index (χ0) is 19.1. The highest BCUT2D eigenvalue weighted by Gasteiger charge is 2.42. The highest BCUT2D eigenvalue weighted by atomic mass is 16.3. The van der Waals surface area contributed by atoms with E-state index in [9.17, 15) is 5.11 Å². The fraction of sp³-hybridized carbons (Fsp3) is 0.600. The SMILES string of the molecule is CN(C)CCCCCC1=C[C@H]2C[C@@H](O)[C@H](C=CCCc3ccccc3)[C@H]2C1. The van der Waals surface area contributed by atoms with Crippen LogP contribution in [-0.2, 0) is 6.42 Å². The van der Waals surface area contributed by atoms with Crippen molar-refractivity contribution in [3.63, 3.8) is 0 Å². The van der Waals surface area contributed by atoms with E-state index in [1.54, 1.807) is 5.57 Å². The molecule has 2 nitrogen and oxygen atoms in total. The third-order valence-corrected chi connectivity index (χ3v) is 6.35. The molecule has 0 aliphatic heterocycles. The Morgan fingerprint density at radius 1 is 1.07 bits per heavy atom. The molecule has 3 rings (SSSR count). The van der Waals surface area contributed by atoms with Crippen molar-refractivity contribution in [1.82, 2.24) is 4.90 Å². The van der Waals surface area contributed by atoms with Crippen LogP contribution in [-0.4, -0.2) is 36.8 Å². The van der Waals surface area contributed by atoms with Gasteiger partial charge in [0, 0.05) is 5.92 Å².